The molecule has 0 radical (unpaired) electrons. The molecule has 7 heteroatoms. The van der Waals surface area contributed by atoms with Gasteiger partial charge in [-0.3, -0.25) is 0 Å². The summed E-state index contributed by atoms with van der Waals surface area (Å²) in [5.74, 6) is 0. The lowest BCUT2D eigenvalue weighted by Crippen LogP contribution is -2.27. The molecule has 1 aromatic heterocycles. The standard InChI is InChI=1S/C12H21N3O3S/c1-16-7-8-11(4-13)19-12(14-8)15-5-9(17-2)10(6-15)18-3/h9-10H,4-7,13H2,1-3H3. The second-order valence-corrected chi connectivity index (χ2v) is 5.52. The highest BCUT2D eigenvalue weighted by Gasteiger charge is 2.34. The number of aromatic nitrogens is 1. The normalized spacial score (nSPS) is 23.3. The number of methoxy groups -OCH3 is 3. The van der Waals surface area contributed by atoms with Crippen LogP contribution in [0.1, 0.15) is 10.6 Å². The summed E-state index contributed by atoms with van der Waals surface area (Å²) in [6.07, 6.45) is 0.169. The number of thiazole rings is 1. The van der Waals surface area contributed by atoms with E-state index in [-0.39, 0.29) is 12.2 Å². The predicted octanol–water partition coefficient (Wildman–Crippen LogP) is 0.598. The van der Waals surface area contributed by atoms with Crippen LogP contribution >= 0.6 is 11.3 Å². The third-order valence-corrected chi connectivity index (χ3v) is 4.51. The largest absolute Gasteiger partial charge is 0.378 e. The Labute approximate surface area is 117 Å². The van der Waals surface area contributed by atoms with E-state index in [9.17, 15) is 0 Å². The third kappa shape index (κ3) is 3.06. The molecule has 2 heterocycles. The second kappa shape index (κ2) is 6.62. The molecule has 1 aliphatic rings. The van der Waals surface area contributed by atoms with Crippen molar-refractivity contribution in [2.24, 2.45) is 5.73 Å². The van der Waals surface area contributed by atoms with Crippen LogP contribution in [0.3, 0.4) is 0 Å². The fraction of sp³-hybridized carbons (Fsp3) is 0.750. The van der Waals surface area contributed by atoms with Crippen LogP contribution in [0.25, 0.3) is 0 Å². The van der Waals surface area contributed by atoms with Gasteiger partial charge in [0.25, 0.3) is 0 Å². The predicted molar refractivity (Wildman–Crippen MR) is 74.5 cm³/mol. The van der Waals surface area contributed by atoms with Crippen LogP contribution in [0.4, 0.5) is 5.13 Å². The van der Waals surface area contributed by atoms with Crippen LogP contribution in [0.2, 0.25) is 0 Å². The molecule has 2 N–H and O–H groups in total. The van der Waals surface area contributed by atoms with Crippen LogP contribution in [0.5, 0.6) is 0 Å². The van der Waals surface area contributed by atoms with Crippen LogP contribution < -0.4 is 10.6 Å². The molecule has 2 unspecified atom stereocenters. The topological polar surface area (TPSA) is 69.8 Å². The maximum Gasteiger partial charge on any atom is 0.186 e. The van der Waals surface area contributed by atoms with E-state index < -0.39 is 0 Å². The van der Waals surface area contributed by atoms with E-state index >= 15 is 0 Å². The first-order chi connectivity index (χ1) is 9.23. The van der Waals surface area contributed by atoms with Crippen molar-refractivity contribution >= 4 is 16.5 Å². The maximum atomic E-state index is 5.75. The molecule has 108 valence electrons. The fourth-order valence-electron chi connectivity index (χ4n) is 2.27. The molecule has 19 heavy (non-hydrogen) atoms. The Kier molecular flexibility index (Phi) is 5.12. The van der Waals surface area contributed by atoms with Gasteiger partial charge in [0, 0.05) is 45.8 Å². The van der Waals surface area contributed by atoms with Gasteiger partial charge in [-0.1, -0.05) is 0 Å². The minimum Gasteiger partial charge on any atom is -0.378 e. The Morgan fingerprint density at radius 3 is 2.37 bits per heavy atom. The van der Waals surface area contributed by atoms with E-state index in [0.29, 0.717) is 13.2 Å². The first-order valence-electron chi connectivity index (χ1n) is 6.21. The molecule has 0 amide bonds. The smallest absolute Gasteiger partial charge is 0.186 e. The molecule has 0 aromatic carbocycles. The van der Waals surface area contributed by atoms with Crippen LogP contribution in [0, 0.1) is 0 Å². The average Bonchev–Trinajstić information content (AvgIpc) is 3.01. The molecular weight excluding hydrogens is 266 g/mol. The fourth-order valence-corrected chi connectivity index (χ4v) is 3.23. The molecule has 1 aromatic rings. The van der Waals surface area contributed by atoms with Gasteiger partial charge in [-0.2, -0.15) is 0 Å². The van der Waals surface area contributed by atoms with Crippen molar-refractivity contribution in [3.05, 3.63) is 10.6 Å². The van der Waals surface area contributed by atoms with Crippen molar-refractivity contribution in [3.8, 4) is 0 Å². The zero-order valence-electron chi connectivity index (χ0n) is 11.6. The second-order valence-electron chi connectivity index (χ2n) is 4.46. The van der Waals surface area contributed by atoms with Crippen molar-refractivity contribution in [1.29, 1.82) is 0 Å². The number of nitrogens with two attached hydrogens (primary N) is 1. The summed E-state index contributed by atoms with van der Waals surface area (Å²) in [6.45, 7) is 2.57. The number of ether oxygens (including phenoxy) is 3. The van der Waals surface area contributed by atoms with Crippen LogP contribution in [-0.2, 0) is 27.4 Å². The van der Waals surface area contributed by atoms with Crippen LogP contribution in [-0.4, -0.2) is 51.6 Å². The lowest BCUT2D eigenvalue weighted by atomic mass is 10.3. The monoisotopic (exact) mass is 287 g/mol. The summed E-state index contributed by atoms with van der Waals surface area (Å²) in [5, 5.41) is 0.967. The van der Waals surface area contributed by atoms with E-state index in [1.165, 1.54) is 0 Å². The van der Waals surface area contributed by atoms with Gasteiger partial charge >= 0.3 is 0 Å². The number of rotatable bonds is 6. The Balaban J connectivity index is 2.14. The number of nitrogens with zero attached hydrogens (tertiary/aromatic N) is 2. The summed E-state index contributed by atoms with van der Waals surface area (Å²) in [4.78, 5) is 7.88. The minimum absolute atomic E-state index is 0.0844. The molecule has 1 aliphatic heterocycles. The first kappa shape index (κ1) is 14.7. The van der Waals surface area contributed by atoms with Crippen molar-refractivity contribution in [3.63, 3.8) is 0 Å². The van der Waals surface area contributed by atoms with E-state index in [2.05, 4.69) is 9.88 Å². The highest BCUT2D eigenvalue weighted by atomic mass is 32.1. The zero-order valence-corrected chi connectivity index (χ0v) is 12.4. The van der Waals surface area contributed by atoms with E-state index in [1.807, 2.05) is 0 Å². The molecule has 2 atom stereocenters. The van der Waals surface area contributed by atoms with Gasteiger partial charge < -0.3 is 24.8 Å². The SMILES string of the molecule is COCc1nc(N2CC(OC)C(OC)C2)sc1CN. The van der Waals surface area contributed by atoms with Gasteiger partial charge in [0.1, 0.15) is 12.2 Å². The summed E-state index contributed by atoms with van der Waals surface area (Å²) in [5.41, 5.74) is 6.68. The zero-order chi connectivity index (χ0) is 13.8. The highest BCUT2D eigenvalue weighted by molar-refractivity contribution is 7.15. The molecule has 2 rings (SSSR count). The van der Waals surface area contributed by atoms with Crippen molar-refractivity contribution < 1.29 is 14.2 Å². The first-order valence-corrected chi connectivity index (χ1v) is 7.03. The minimum atomic E-state index is 0.0844. The molecule has 6 nitrogen and oxygen atoms in total. The molecule has 0 saturated carbocycles. The summed E-state index contributed by atoms with van der Waals surface area (Å²) in [6, 6.07) is 0. The summed E-state index contributed by atoms with van der Waals surface area (Å²) >= 11 is 1.62. The summed E-state index contributed by atoms with van der Waals surface area (Å²) in [7, 11) is 5.09. The Bertz CT molecular complexity index is 401. The Morgan fingerprint density at radius 1 is 1.26 bits per heavy atom. The molecule has 0 aliphatic carbocycles. The average molecular weight is 287 g/mol. The molecular formula is C12H21N3O3S. The van der Waals surface area contributed by atoms with Crippen molar-refractivity contribution in [2.75, 3.05) is 39.3 Å². The molecule has 0 bridgehead atoms. The van der Waals surface area contributed by atoms with Gasteiger partial charge in [-0.15, -0.1) is 11.3 Å². The number of hydrogen-bond acceptors (Lipinski definition) is 7. The van der Waals surface area contributed by atoms with E-state index in [0.717, 1.165) is 28.8 Å². The van der Waals surface area contributed by atoms with Gasteiger partial charge in [-0.05, 0) is 0 Å². The lowest BCUT2D eigenvalue weighted by molar-refractivity contribution is -0.00461. The molecule has 0 spiro atoms. The molecule has 1 saturated heterocycles. The van der Waals surface area contributed by atoms with Gasteiger partial charge in [0.15, 0.2) is 5.13 Å². The lowest BCUT2D eigenvalue weighted by Gasteiger charge is -2.13. The summed E-state index contributed by atoms with van der Waals surface area (Å²) < 4.78 is 16.0. The highest BCUT2D eigenvalue weighted by Crippen LogP contribution is 2.30. The van der Waals surface area contributed by atoms with Gasteiger partial charge in [0.2, 0.25) is 0 Å². The maximum absolute atomic E-state index is 5.75. The van der Waals surface area contributed by atoms with Crippen molar-refractivity contribution in [2.45, 2.75) is 25.4 Å². The third-order valence-electron chi connectivity index (χ3n) is 3.32. The number of hydrogen-bond donors (Lipinski definition) is 1. The Morgan fingerprint density at radius 2 is 1.89 bits per heavy atom. The van der Waals surface area contributed by atoms with Gasteiger partial charge in [-0.25, -0.2) is 4.98 Å². The Hall–Kier alpha value is -0.730. The van der Waals surface area contributed by atoms with Crippen LogP contribution in [0.15, 0.2) is 0 Å². The van der Waals surface area contributed by atoms with E-state index in [1.54, 1.807) is 32.7 Å². The number of anilines is 1. The quantitative estimate of drug-likeness (QED) is 0.826. The molecule has 1 fully saturated rings. The van der Waals surface area contributed by atoms with E-state index in [4.69, 9.17) is 19.9 Å². The van der Waals surface area contributed by atoms with Crippen molar-refractivity contribution in [1.82, 2.24) is 4.98 Å². The van der Waals surface area contributed by atoms with Gasteiger partial charge in [0.05, 0.1) is 12.3 Å².